The minimum atomic E-state index is -0.528. The maximum atomic E-state index is 13.4. The van der Waals surface area contributed by atoms with Crippen molar-refractivity contribution in [2.75, 3.05) is 12.4 Å². The number of hydrogen-bond donors (Lipinski definition) is 1. The Morgan fingerprint density at radius 2 is 2.26 bits per heavy atom. The molecule has 0 fully saturated rings. The Morgan fingerprint density at radius 1 is 1.42 bits per heavy atom. The minimum absolute atomic E-state index is 0.0171. The van der Waals surface area contributed by atoms with Crippen molar-refractivity contribution in [1.29, 1.82) is 5.26 Å². The molecule has 0 saturated heterocycles. The van der Waals surface area contributed by atoms with Gasteiger partial charge in [0.15, 0.2) is 0 Å². The van der Waals surface area contributed by atoms with Crippen LogP contribution in [0.3, 0.4) is 0 Å². The summed E-state index contributed by atoms with van der Waals surface area (Å²) >= 11 is 0. The average Bonchev–Trinajstić information content (AvgIpc) is 2.45. The van der Waals surface area contributed by atoms with Crippen molar-refractivity contribution in [3.63, 3.8) is 0 Å². The first-order valence-corrected chi connectivity index (χ1v) is 5.66. The summed E-state index contributed by atoms with van der Waals surface area (Å²) in [5.74, 6) is -0.0149. The number of pyridine rings is 1. The van der Waals surface area contributed by atoms with E-state index in [1.165, 1.54) is 6.07 Å². The highest BCUT2D eigenvalue weighted by Gasteiger charge is 2.07. The van der Waals surface area contributed by atoms with Crippen molar-refractivity contribution in [1.82, 2.24) is 4.98 Å². The number of halogens is 1. The van der Waals surface area contributed by atoms with Crippen LogP contribution in [0.4, 0.5) is 10.1 Å². The fourth-order valence-electron chi connectivity index (χ4n) is 1.65. The summed E-state index contributed by atoms with van der Waals surface area (Å²) in [7, 11) is 1.54. The van der Waals surface area contributed by atoms with E-state index in [9.17, 15) is 4.39 Å². The second-order valence-electron chi connectivity index (χ2n) is 3.83. The Kier molecular flexibility index (Phi) is 3.94. The Hall–Kier alpha value is -2.61. The van der Waals surface area contributed by atoms with Gasteiger partial charge < -0.3 is 10.1 Å². The van der Waals surface area contributed by atoms with Gasteiger partial charge in [-0.2, -0.15) is 5.26 Å². The van der Waals surface area contributed by atoms with Gasteiger partial charge in [-0.15, -0.1) is 0 Å². The van der Waals surface area contributed by atoms with Crippen molar-refractivity contribution in [3.8, 4) is 11.9 Å². The number of aromatic nitrogens is 1. The summed E-state index contributed by atoms with van der Waals surface area (Å²) in [5.41, 5.74) is 1.42. The van der Waals surface area contributed by atoms with Gasteiger partial charge in [0, 0.05) is 18.8 Å². The zero-order chi connectivity index (χ0) is 13.7. The third-order valence-corrected chi connectivity index (χ3v) is 2.62. The molecule has 0 aliphatic rings. The summed E-state index contributed by atoms with van der Waals surface area (Å²) in [5, 5.41) is 11.9. The van der Waals surface area contributed by atoms with Gasteiger partial charge in [0.25, 0.3) is 0 Å². The van der Waals surface area contributed by atoms with E-state index in [1.54, 1.807) is 31.5 Å². The number of hydrogen-bond acceptors (Lipinski definition) is 4. The quantitative estimate of drug-likeness (QED) is 0.914. The predicted octanol–water partition coefficient (Wildman–Crippen LogP) is 2.71. The van der Waals surface area contributed by atoms with Gasteiger partial charge in [-0.3, -0.25) is 0 Å². The number of rotatable bonds is 4. The lowest BCUT2D eigenvalue weighted by atomic mass is 10.1. The van der Waals surface area contributed by atoms with E-state index < -0.39 is 5.82 Å². The SMILES string of the molecule is COc1cc(CNc2cccc(F)c2C#N)ccn1. The summed E-state index contributed by atoms with van der Waals surface area (Å²) in [6, 6.07) is 9.94. The van der Waals surface area contributed by atoms with Crippen LogP contribution in [0.15, 0.2) is 36.5 Å². The number of anilines is 1. The number of benzene rings is 1. The molecule has 2 aromatic rings. The second-order valence-corrected chi connectivity index (χ2v) is 3.83. The van der Waals surface area contributed by atoms with Crippen LogP contribution in [0.25, 0.3) is 0 Å². The zero-order valence-corrected chi connectivity index (χ0v) is 10.4. The number of nitrogens with one attached hydrogen (secondary N) is 1. The fraction of sp³-hybridized carbons (Fsp3) is 0.143. The lowest BCUT2D eigenvalue weighted by molar-refractivity contribution is 0.397. The van der Waals surface area contributed by atoms with Crippen LogP contribution in [0.2, 0.25) is 0 Å². The van der Waals surface area contributed by atoms with Gasteiger partial charge in [0.05, 0.1) is 12.8 Å². The third-order valence-electron chi connectivity index (χ3n) is 2.62. The second kappa shape index (κ2) is 5.83. The van der Waals surface area contributed by atoms with E-state index in [1.807, 2.05) is 12.1 Å². The largest absolute Gasteiger partial charge is 0.481 e. The topological polar surface area (TPSA) is 57.9 Å². The molecule has 4 nitrogen and oxygen atoms in total. The highest BCUT2D eigenvalue weighted by atomic mass is 19.1. The van der Waals surface area contributed by atoms with Crippen LogP contribution in [-0.2, 0) is 6.54 Å². The van der Waals surface area contributed by atoms with Gasteiger partial charge in [0.2, 0.25) is 5.88 Å². The van der Waals surface area contributed by atoms with Crippen molar-refractivity contribution < 1.29 is 9.13 Å². The molecule has 0 unspecified atom stereocenters. The number of nitrogens with zero attached hydrogens (tertiary/aromatic N) is 2. The number of methoxy groups -OCH3 is 1. The van der Waals surface area contributed by atoms with Crippen molar-refractivity contribution in [2.45, 2.75) is 6.54 Å². The van der Waals surface area contributed by atoms with Gasteiger partial charge >= 0.3 is 0 Å². The summed E-state index contributed by atoms with van der Waals surface area (Å²) < 4.78 is 18.4. The minimum Gasteiger partial charge on any atom is -0.481 e. The molecule has 1 aromatic heterocycles. The molecule has 0 aliphatic carbocycles. The molecule has 0 bridgehead atoms. The van der Waals surface area contributed by atoms with Crippen molar-refractivity contribution >= 4 is 5.69 Å². The number of nitriles is 1. The van der Waals surface area contributed by atoms with Crippen LogP contribution < -0.4 is 10.1 Å². The van der Waals surface area contributed by atoms with Crippen LogP contribution in [-0.4, -0.2) is 12.1 Å². The van der Waals surface area contributed by atoms with Crippen LogP contribution in [0.1, 0.15) is 11.1 Å². The first kappa shape index (κ1) is 12.8. The van der Waals surface area contributed by atoms with E-state index in [2.05, 4.69) is 10.3 Å². The summed E-state index contributed by atoms with van der Waals surface area (Å²) in [6.45, 7) is 0.455. The van der Waals surface area contributed by atoms with E-state index in [0.717, 1.165) is 5.56 Å². The first-order chi connectivity index (χ1) is 9.24. The molecule has 1 aromatic carbocycles. The Morgan fingerprint density at radius 3 is 3.00 bits per heavy atom. The molecular weight excluding hydrogens is 245 g/mol. The lowest BCUT2D eigenvalue weighted by Crippen LogP contribution is -2.03. The highest BCUT2D eigenvalue weighted by molar-refractivity contribution is 5.58. The average molecular weight is 257 g/mol. The van der Waals surface area contributed by atoms with Crippen LogP contribution in [0, 0.1) is 17.1 Å². The number of ether oxygens (including phenoxy) is 1. The molecule has 1 N–H and O–H groups in total. The van der Waals surface area contributed by atoms with Crippen LogP contribution in [0.5, 0.6) is 5.88 Å². The molecule has 1 heterocycles. The smallest absolute Gasteiger partial charge is 0.213 e. The van der Waals surface area contributed by atoms with Crippen molar-refractivity contribution in [2.24, 2.45) is 0 Å². The van der Waals surface area contributed by atoms with E-state index in [0.29, 0.717) is 18.1 Å². The van der Waals surface area contributed by atoms with E-state index >= 15 is 0 Å². The van der Waals surface area contributed by atoms with E-state index in [4.69, 9.17) is 10.00 Å². The predicted molar refractivity (Wildman–Crippen MR) is 69.2 cm³/mol. The molecule has 0 spiro atoms. The standard InChI is InChI=1S/C14H12FN3O/c1-19-14-7-10(5-6-17-14)9-18-13-4-2-3-12(15)11(13)8-16/h2-7,18H,9H2,1H3. The lowest BCUT2D eigenvalue weighted by Gasteiger charge is -2.09. The maximum Gasteiger partial charge on any atom is 0.213 e. The summed E-state index contributed by atoms with van der Waals surface area (Å²) in [4.78, 5) is 4.00. The van der Waals surface area contributed by atoms with Gasteiger partial charge in [-0.05, 0) is 23.8 Å². The molecule has 96 valence electrons. The normalized spacial score (nSPS) is 9.74. The third kappa shape index (κ3) is 2.99. The fourth-order valence-corrected chi connectivity index (χ4v) is 1.65. The van der Waals surface area contributed by atoms with E-state index in [-0.39, 0.29) is 5.56 Å². The van der Waals surface area contributed by atoms with Gasteiger partial charge in [0.1, 0.15) is 17.4 Å². The molecular formula is C14H12FN3O. The molecule has 19 heavy (non-hydrogen) atoms. The molecule has 2 rings (SSSR count). The molecule has 0 aliphatic heterocycles. The zero-order valence-electron chi connectivity index (χ0n) is 10.4. The van der Waals surface area contributed by atoms with Gasteiger partial charge in [-0.1, -0.05) is 6.07 Å². The Balaban J connectivity index is 2.15. The monoisotopic (exact) mass is 257 g/mol. The molecule has 0 amide bonds. The highest BCUT2D eigenvalue weighted by Crippen LogP contribution is 2.19. The molecule has 0 saturated carbocycles. The van der Waals surface area contributed by atoms with Crippen LogP contribution >= 0.6 is 0 Å². The maximum absolute atomic E-state index is 13.4. The molecule has 0 radical (unpaired) electrons. The first-order valence-electron chi connectivity index (χ1n) is 5.66. The molecule has 5 heteroatoms. The Bertz CT molecular complexity index is 622. The summed E-state index contributed by atoms with van der Waals surface area (Å²) in [6.07, 6.45) is 1.63. The van der Waals surface area contributed by atoms with Crippen molar-refractivity contribution in [3.05, 3.63) is 53.5 Å². The Labute approximate surface area is 110 Å². The van der Waals surface area contributed by atoms with Gasteiger partial charge in [-0.25, -0.2) is 9.37 Å². The molecule has 0 atom stereocenters.